The number of amides is 2. The van der Waals surface area contributed by atoms with Crippen molar-refractivity contribution in [1.29, 1.82) is 0 Å². The number of urea groups is 1. The van der Waals surface area contributed by atoms with Gasteiger partial charge in [0.05, 0.1) is 19.3 Å². The molecule has 6 heteroatoms. The first-order chi connectivity index (χ1) is 13.3. The Morgan fingerprint density at radius 3 is 2.30 bits per heavy atom. The molecule has 0 radical (unpaired) electrons. The second-order valence-corrected chi connectivity index (χ2v) is 9.44. The summed E-state index contributed by atoms with van der Waals surface area (Å²) in [6, 6.07) is 2.99. The lowest BCUT2D eigenvalue weighted by atomic mass is 9.99. The SMILES string of the molecule is O=C(NSC1CCN(C2COC2)CC1)Nc1c2c(cc3c1CCC3)CCC2. The van der Waals surface area contributed by atoms with Gasteiger partial charge in [-0.05, 0) is 98.7 Å². The quantitative estimate of drug-likeness (QED) is 0.779. The molecule has 2 saturated heterocycles. The zero-order chi connectivity index (χ0) is 18.2. The maximum Gasteiger partial charge on any atom is 0.329 e. The fourth-order valence-electron chi connectivity index (χ4n) is 5.04. The number of nitrogens with zero attached hydrogens (tertiary/aromatic N) is 1. The van der Waals surface area contributed by atoms with E-state index in [1.807, 2.05) is 0 Å². The van der Waals surface area contributed by atoms with Crippen LogP contribution in [0.5, 0.6) is 0 Å². The number of piperidine rings is 1. The van der Waals surface area contributed by atoms with Crippen molar-refractivity contribution >= 4 is 23.7 Å². The normalized spacial score (nSPS) is 23.0. The molecule has 2 aliphatic heterocycles. The molecule has 2 fully saturated rings. The van der Waals surface area contributed by atoms with E-state index in [9.17, 15) is 4.79 Å². The van der Waals surface area contributed by atoms with E-state index in [1.54, 1.807) is 11.9 Å². The predicted molar refractivity (Wildman–Crippen MR) is 109 cm³/mol. The molecule has 0 saturated carbocycles. The Morgan fingerprint density at radius 2 is 1.70 bits per heavy atom. The van der Waals surface area contributed by atoms with Crippen molar-refractivity contribution < 1.29 is 9.53 Å². The van der Waals surface area contributed by atoms with Crippen molar-refractivity contribution in [2.24, 2.45) is 0 Å². The van der Waals surface area contributed by atoms with Crippen LogP contribution < -0.4 is 10.0 Å². The molecule has 4 aliphatic rings. The minimum Gasteiger partial charge on any atom is -0.378 e. The molecule has 1 aromatic carbocycles. The van der Waals surface area contributed by atoms with Crippen molar-refractivity contribution in [3.63, 3.8) is 0 Å². The van der Waals surface area contributed by atoms with Crippen LogP contribution in [0.4, 0.5) is 10.5 Å². The molecule has 0 aromatic heterocycles. The number of hydrogen-bond donors (Lipinski definition) is 2. The Hall–Kier alpha value is -1.24. The van der Waals surface area contributed by atoms with Crippen molar-refractivity contribution in [3.8, 4) is 0 Å². The first-order valence-corrected chi connectivity index (χ1v) is 11.4. The molecule has 2 N–H and O–H groups in total. The summed E-state index contributed by atoms with van der Waals surface area (Å²) in [6.07, 6.45) is 9.25. The van der Waals surface area contributed by atoms with Gasteiger partial charge in [0.25, 0.3) is 0 Å². The van der Waals surface area contributed by atoms with E-state index in [2.05, 4.69) is 21.0 Å². The van der Waals surface area contributed by atoms with E-state index in [-0.39, 0.29) is 6.03 Å². The molecule has 27 heavy (non-hydrogen) atoms. The molecule has 1 aromatic rings. The maximum atomic E-state index is 12.6. The molecule has 0 bridgehead atoms. The average Bonchev–Trinajstić information content (AvgIpc) is 3.28. The number of benzene rings is 1. The summed E-state index contributed by atoms with van der Waals surface area (Å²) in [5, 5.41) is 3.74. The van der Waals surface area contributed by atoms with Crippen LogP contribution in [0.2, 0.25) is 0 Å². The molecule has 5 nitrogen and oxygen atoms in total. The standard InChI is InChI=1S/C21H29N3O2S/c25-21(23-27-17-7-9-24(10-8-17)16-12-26-13-16)22-20-18-5-1-3-14(18)11-15-4-2-6-19(15)20/h11,16-17H,1-10,12-13H2,(H2,22,23,25). The Morgan fingerprint density at radius 1 is 1.04 bits per heavy atom. The second-order valence-electron chi connectivity index (χ2n) is 8.33. The van der Waals surface area contributed by atoms with Gasteiger partial charge in [0.15, 0.2) is 0 Å². The van der Waals surface area contributed by atoms with Gasteiger partial charge in [-0.2, -0.15) is 0 Å². The number of carbonyl (C=O) groups is 1. The van der Waals surface area contributed by atoms with Gasteiger partial charge in [-0.1, -0.05) is 6.07 Å². The monoisotopic (exact) mass is 387 g/mol. The van der Waals surface area contributed by atoms with E-state index in [1.165, 1.54) is 35.1 Å². The van der Waals surface area contributed by atoms with E-state index in [0.29, 0.717) is 11.3 Å². The van der Waals surface area contributed by atoms with Gasteiger partial charge >= 0.3 is 6.03 Å². The van der Waals surface area contributed by atoms with Crippen LogP contribution >= 0.6 is 11.9 Å². The average molecular weight is 388 g/mol. The van der Waals surface area contributed by atoms with Crippen LogP contribution in [0.25, 0.3) is 0 Å². The van der Waals surface area contributed by atoms with Crippen LogP contribution in [-0.2, 0) is 30.4 Å². The summed E-state index contributed by atoms with van der Waals surface area (Å²) in [6.45, 7) is 4.03. The molecule has 0 spiro atoms. The van der Waals surface area contributed by atoms with Gasteiger partial charge in [0.1, 0.15) is 0 Å². The van der Waals surface area contributed by atoms with E-state index < -0.39 is 0 Å². The Balaban J connectivity index is 1.16. The lowest BCUT2D eigenvalue weighted by Crippen LogP contribution is -2.52. The lowest BCUT2D eigenvalue weighted by molar-refractivity contribution is -0.0694. The van der Waals surface area contributed by atoms with Gasteiger partial charge in [-0.3, -0.25) is 9.62 Å². The van der Waals surface area contributed by atoms with Crippen LogP contribution in [0.3, 0.4) is 0 Å². The molecule has 5 rings (SSSR count). The number of nitrogens with one attached hydrogen (secondary N) is 2. The maximum absolute atomic E-state index is 12.6. The van der Waals surface area contributed by atoms with Crippen LogP contribution in [0.1, 0.15) is 47.9 Å². The van der Waals surface area contributed by atoms with Crippen LogP contribution in [0, 0.1) is 0 Å². The minimum absolute atomic E-state index is 0.0516. The van der Waals surface area contributed by atoms with E-state index in [4.69, 9.17) is 4.74 Å². The lowest BCUT2D eigenvalue weighted by Gasteiger charge is -2.41. The molecular formula is C21H29N3O2S. The molecule has 2 amide bonds. The zero-order valence-electron chi connectivity index (χ0n) is 15.9. The Kier molecular flexibility index (Phi) is 5.05. The summed E-state index contributed by atoms with van der Waals surface area (Å²) in [5.74, 6) is 0. The smallest absolute Gasteiger partial charge is 0.329 e. The summed E-state index contributed by atoms with van der Waals surface area (Å²) in [4.78, 5) is 15.2. The number of anilines is 1. The molecular weight excluding hydrogens is 358 g/mol. The summed E-state index contributed by atoms with van der Waals surface area (Å²) in [5.41, 5.74) is 6.85. The van der Waals surface area contributed by atoms with Crippen molar-refractivity contribution in [1.82, 2.24) is 9.62 Å². The van der Waals surface area contributed by atoms with Gasteiger partial charge in [0.2, 0.25) is 0 Å². The van der Waals surface area contributed by atoms with Crippen molar-refractivity contribution in [3.05, 3.63) is 28.3 Å². The summed E-state index contributed by atoms with van der Waals surface area (Å²) in [7, 11) is 0. The molecule has 2 aliphatic carbocycles. The number of carbonyl (C=O) groups excluding carboxylic acids is 1. The first-order valence-electron chi connectivity index (χ1n) is 10.5. The predicted octanol–water partition coefficient (Wildman–Crippen LogP) is 3.30. The molecule has 2 heterocycles. The number of rotatable bonds is 4. The molecule has 146 valence electrons. The third-order valence-corrected chi connectivity index (χ3v) is 7.75. The third-order valence-electron chi connectivity index (χ3n) is 6.64. The Labute approximate surface area is 165 Å². The van der Waals surface area contributed by atoms with Gasteiger partial charge in [-0.15, -0.1) is 0 Å². The highest BCUT2D eigenvalue weighted by Gasteiger charge is 2.30. The fourth-order valence-corrected chi connectivity index (χ4v) is 5.81. The number of hydrogen-bond acceptors (Lipinski definition) is 4. The highest BCUT2D eigenvalue weighted by molar-refractivity contribution is 7.98. The second kappa shape index (κ2) is 7.64. The van der Waals surface area contributed by atoms with E-state index in [0.717, 1.165) is 70.5 Å². The van der Waals surface area contributed by atoms with Crippen LogP contribution in [-0.4, -0.2) is 48.5 Å². The number of likely N-dealkylation sites (tertiary alicyclic amines) is 1. The van der Waals surface area contributed by atoms with Gasteiger partial charge in [0, 0.05) is 10.9 Å². The molecule has 0 unspecified atom stereocenters. The van der Waals surface area contributed by atoms with Gasteiger partial charge < -0.3 is 10.1 Å². The minimum atomic E-state index is -0.0516. The number of fused-ring (bicyclic) bond motifs is 2. The number of ether oxygens (including phenoxy) is 1. The van der Waals surface area contributed by atoms with Crippen molar-refractivity contribution in [2.75, 3.05) is 31.6 Å². The summed E-state index contributed by atoms with van der Waals surface area (Å²) < 4.78 is 8.38. The van der Waals surface area contributed by atoms with Crippen LogP contribution in [0.15, 0.2) is 6.07 Å². The van der Waals surface area contributed by atoms with Gasteiger partial charge in [-0.25, -0.2) is 4.79 Å². The number of aryl methyl sites for hydroxylation is 2. The first kappa shape index (κ1) is 17.8. The Bertz CT molecular complexity index is 694. The summed E-state index contributed by atoms with van der Waals surface area (Å²) >= 11 is 1.61. The molecule has 0 atom stereocenters. The zero-order valence-corrected chi connectivity index (χ0v) is 16.7. The largest absolute Gasteiger partial charge is 0.378 e. The third kappa shape index (κ3) is 3.59. The fraction of sp³-hybridized carbons (Fsp3) is 0.667. The topological polar surface area (TPSA) is 53.6 Å². The van der Waals surface area contributed by atoms with E-state index >= 15 is 0 Å². The highest BCUT2D eigenvalue weighted by atomic mass is 32.2. The van der Waals surface area contributed by atoms with Crippen molar-refractivity contribution in [2.45, 2.75) is 62.7 Å². The highest BCUT2D eigenvalue weighted by Crippen LogP contribution is 2.38.